The highest BCUT2D eigenvalue weighted by Crippen LogP contribution is 2.42. The van der Waals surface area contributed by atoms with Crippen LogP contribution in [0.2, 0.25) is 0 Å². The van der Waals surface area contributed by atoms with Gasteiger partial charge in [-0.1, -0.05) is 19.1 Å². The van der Waals surface area contributed by atoms with Gasteiger partial charge in [0.15, 0.2) is 0 Å². The molecule has 1 N–H and O–H groups in total. The number of likely N-dealkylation sites (tertiary alicyclic amines) is 2. The number of nitrogens with zero attached hydrogens (tertiary/aromatic N) is 2. The molecule has 2 unspecified atom stereocenters. The molecule has 0 aromatic rings. The molecule has 144 valence electrons. The van der Waals surface area contributed by atoms with Gasteiger partial charge in [-0.05, 0) is 110 Å². The van der Waals surface area contributed by atoms with Crippen LogP contribution in [-0.2, 0) is 0 Å². The second kappa shape index (κ2) is 8.37. The van der Waals surface area contributed by atoms with Crippen LogP contribution in [0.4, 0.5) is 0 Å². The maximum Gasteiger partial charge on any atom is 0.0983 e. The minimum atomic E-state index is -0.778. The van der Waals surface area contributed by atoms with Gasteiger partial charge in [-0.2, -0.15) is 0 Å². The summed E-state index contributed by atoms with van der Waals surface area (Å²) in [5, 5.41) is 11.3. The number of piperidine rings is 2. The molecule has 0 aromatic carbocycles. The molecule has 0 aliphatic carbocycles. The third-order valence-corrected chi connectivity index (χ3v) is 7.22. The first-order valence-corrected chi connectivity index (χ1v) is 10.2. The van der Waals surface area contributed by atoms with Gasteiger partial charge in [-0.3, -0.25) is 4.90 Å². The first kappa shape index (κ1) is 20.7. The predicted octanol–water partition coefficient (Wildman–Crippen LogP) is 4.24. The van der Waals surface area contributed by atoms with Crippen LogP contribution < -0.4 is 0 Å². The van der Waals surface area contributed by atoms with Crippen molar-refractivity contribution in [2.45, 2.75) is 78.4 Å². The molecular formula is C22H40N2O. The minimum Gasteiger partial charge on any atom is -0.384 e. The number of aliphatic hydroxyl groups is 1. The van der Waals surface area contributed by atoms with Crippen LogP contribution >= 0.6 is 0 Å². The van der Waals surface area contributed by atoms with E-state index in [1.165, 1.54) is 44.3 Å². The fraction of sp³-hybridized carbons (Fsp3) is 0.818. The van der Waals surface area contributed by atoms with Crippen LogP contribution in [0.1, 0.15) is 66.7 Å². The van der Waals surface area contributed by atoms with Gasteiger partial charge >= 0.3 is 0 Å². The molecule has 0 radical (unpaired) electrons. The van der Waals surface area contributed by atoms with Crippen LogP contribution in [0.15, 0.2) is 23.3 Å². The highest BCUT2D eigenvalue weighted by atomic mass is 16.3. The van der Waals surface area contributed by atoms with E-state index in [9.17, 15) is 5.11 Å². The summed E-state index contributed by atoms with van der Waals surface area (Å²) < 4.78 is 0. The van der Waals surface area contributed by atoms with E-state index < -0.39 is 5.60 Å². The molecule has 1 spiro atoms. The SMILES string of the molecule is CC/C=C\C(C)=C(/C)C(C)(O)C(C)N1CCC2(CCN(C)CC2)CC1. The first-order chi connectivity index (χ1) is 11.7. The van der Waals surface area contributed by atoms with Gasteiger partial charge in [0.05, 0.1) is 5.60 Å². The lowest BCUT2D eigenvalue weighted by atomic mass is 9.70. The highest BCUT2D eigenvalue weighted by molar-refractivity contribution is 5.30. The Morgan fingerprint density at radius 2 is 1.64 bits per heavy atom. The van der Waals surface area contributed by atoms with Gasteiger partial charge in [-0.15, -0.1) is 0 Å². The van der Waals surface area contributed by atoms with Crippen molar-refractivity contribution in [2.24, 2.45) is 5.41 Å². The van der Waals surface area contributed by atoms with E-state index in [1.807, 2.05) is 6.92 Å². The van der Waals surface area contributed by atoms with Crippen molar-refractivity contribution in [3.63, 3.8) is 0 Å². The van der Waals surface area contributed by atoms with Crippen LogP contribution in [0, 0.1) is 5.41 Å². The van der Waals surface area contributed by atoms with Gasteiger partial charge < -0.3 is 10.0 Å². The highest BCUT2D eigenvalue weighted by Gasteiger charge is 2.41. The Balaban J connectivity index is 2.01. The monoisotopic (exact) mass is 348 g/mol. The van der Waals surface area contributed by atoms with Crippen molar-refractivity contribution in [1.82, 2.24) is 9.80 Å². The maximum absolute atomic E-state index is 11.3. The number of hydrogen-bond donors (Lipinski definition) is 1. The van der Waals surface area contributed by atoms with Crippen molar-refractivity contribution in [1.29, 1.82) is 0 Å². The van der Waals surface area contributed by atoms with E-state index in [0.717, 1.165) is 25.1 Å². The maximum atomic E-state index is 11.3. The lowest BCUT2D eigenvalue weighted by Gasteiger charge is -2.49. The Bertz CT molecular complexity index is 488. The van der Waals surface area contributed by atoms with Crippen LogP contribution in [0.3, 0.4) is 0 Å². The van der Waals surface area contributed by atoms with E-state index >= 15 is 0 Å². The predicted molar refractivity (Wildman–Crippen MR) is 108 cm³/mol. The Hall–Kier alpha value is -0.640. The average Bonchev–Trinajstić information content (AvgIpc) is 2.61. The third kappa shape index (κ3) is 4.75. The lowest BCUT2D eigenvalue weighted by molar-refractivity contribution is -0.0349. The molecule has 2 fully saturated rings. The molecular weight excluding hydrogens is 308 g/mol. The molecule has 2 aliphatic rings. The quantitative estimate of drug-likeness (QED) is 0.753. The lowest BCUT2D eigenvalue weighted by Crippen LogP contribution is -2.55. The largest absolute Gasteiger partial charge is 0.384 e. The summed E-state index contributed by atoms with van der Waals surface area (Å²) >= 11 is 0. The molecule has 2 rings (SSSR count). The fourth-order valence-electron chi connectivity index (χ4n) is 4.47. The Labute approximate surface area is 155 Å². The van der Waals surface area contributed by atoms with Crippen molar-refractivity contribution in [2.75, 3.05) is 33.2 Å². The summed E-state index contributed by atoms with van der Waals surface area (Å²) in [7, 11) is 2.24. The van der Waals surface area contributed by atoms with Crippen molar-refractivity contribution < 1.29 is 5.11 Å². The standard InChI is InChI=1S/C22H40N2O/c1-7-8-9-18(2)19(3)21(5,25)20(4)24-16-12-22(13-17-24)10-14-23(6)15-11-22/h8-9,20,25H,7,10-17H2,1-6H3/b9-8-,19-18+. The molecule has 25 heavy (non-hydrogen) atoms. The average molecular weight is 349 g/mol. The van der Waals surface area contributed by atoms with Gasteiger partial charge in [0.2, 0.25) is 0 Å². The molecule has 3 nitrogen and oxygen atoms in total. The number of hydrogen-bond acceptors (Lipinski definition) is 3. The van der Waals surface area contributed by atoms with Gasteiger partial charge in [-0.25, -0.2) is 0 Å². The zero-order chi connectivity index (χ0) is 18.7. The molecule has 0 bridgehead atoms. The van der Waals surface area contributed by atoms with Crippen molar-refractivity contribution in [3.8, 4) is 0 Å². The molecule has 2 heterocycles. The Kier molecular flexibility index (Phi) is 6.92. The summed E-state index contributed by atoms with van der Waals surface area (Å²) in [4.78, 5) is 4.98. The minimum absolute atomic E-state index is 0.154. The van der Waals surface area contributed by atoms with E-state index in [1.54, 1.807) is 0 Å². The Morgan fingerprint density at radius 1 is 1.12 bits per heavy atom. The van der Waals surface area contributed by atoms with E-state index in [-0.39, 0.29) is 6.04 Å². The van der Waals surface area contributed by atoms with Crippen molar-refractivity contribution >= 4 is 0 Å². The summed E-state index contributed by atoms with van der Waals surface area (Å²) in [6.07, 6.45) is 10.6. The Morgan fingerprint density at radius 3 is 2.16 bits per heavy atom. The summed E-state index contributed by atoms with van der Waals surface area (Å²) in [6, 6.07) is 0.154. The zero-order valence-electron chi connectivity index (χ0n) is 17.4. The van der Waals surface area contributed by atoms with Gasteiger partial charge in [0.25, 0.3) is 0 Å². The third-order valence-electron chi connectivity index (χ3n) is 7.22. The summed E-state index contributed by atoms with van der Waals surface area (Å²) in [6.45, 7) is 15.3. The molecule has 2 atom stereocenters. The van der Waals surface area contributed by atoms with E-state index in [0.29, 0.717) is 5.41 Å². The summed E-state index contributed by atoms with van der Waals surface area (Å²) in [5.74, 6) is 0. The van der Waals surface area contributed by atoms with E-state index in [2.05, 4.69) is 56.7 Å². The number of rotatable bonds is 5. The topological polar surface area (TPSA) is 26.7 Å². The summed E-state index contributed by atoms with van der Waals surface area (Å²) in [5.41, 5.74) is 2.09. The van der Waals surface area contributed by atoms with Gasteiger partial charge in [0, 0.05) is 6.04 Å². The number of allylic oxidation sites excluding steroid dienone is 3. The van der Waals surface area contributed by atoms with Crippen LogP contribution in [0.25, 0.3) is 0 Å². The fourth-order valence-corrected chi connectivity index (χ4v) is 4.47. The normalized spacial score (nSPS) is 27.3. The molecule has 0 amide bonds. The van der Waals surface area contributed by atoms with Crippen LogP contribution in [0.5, 0.6) is 0 Å². The first-order valence-electron chi connectivity index (χ1n) is 10.2. The second-order valence-electron chi connectivity index (χ2n) is 8.78. The van der Waals surface area contributed by atoms with Crippen molar-refractivity contribution in [3.05, 3.63) is 23.3 Å². The molecule has 0 saturated carbocycles. The van der Waals surface area contributed by atoms with Crippen LogP contribution in [-0.4, -0.2) is 59.8 Å². The second-order valence-corrected chi connectivity index (χ2v) is 8.78. The van der Waals surface area contributed by atoms with Gasteiger partial charge in [0.1, 0.15) is 0 Å². The molecule has 3 heteroatoms. The molecule has 2 saturated heterocycles. The molecule has 2 aliphatic heterocycles. The smallest absolute Gasteiger partial charge is 0.0983 e. The van der Waals surface area contributed by atoms with E-state index in [4.69, 9.17) is 0 Å². The zero-order valence-corrected chi connectivity index (χ0v) is 17.4. The molecule has 0 aromatic heterocycles.